The second-order valence-electron chi connectivity index (χ2n) is 6.38. The van der Waals surface area contributed by atoms with Crippen LogP contribution in [0.1, 0.15) is 22.9 Å². The van der Waals surface area contributed by atoms with Crippen molar-refractivity contribution >= 4 is 16.7 Å². The molecule has 0 unspecified atom stereocenters. The Morgan fingerprint density at radius 1 is 0.852 bits per heavy atom. The van der Waals surface area contributed by atoms with E-state index in [0.29, 0.717) is 22.5 Å². The summed E-state index contributed by atoms with van der Waals surface area (Å²) in [5, 5.41) is 25.5. The lowest BCUT2D eigenvalue weighted by Crippen LogP contribution is -2.14. The standard InChI is InChI=1S/C22H19N3O2/c1-14-6-4-10-19(24-14)25-21(16-8-2-3-9-18(16)26)17-12-11-15-7-5-13-23-20(15)22(17)27/h2-13,21,26-27H,1H3,(H,24,25)/t21-/m0/s1. The van der Waals surface area contributed by atoms with Crippen LogP contribution in [-0.2, 0) is 0 Å². The number of benzene rings is 2. The molecule has 27 heavy (non-hydrogen) atoms. The summed E-state index contributed by atoms with van der Waals surface area (Å²) in [5.41, 5.74) is 2.66. The molecular formula is C22H19N3O2. The summed E-state index contributed by atoms with van der Waals surface area (Å²) in [6.45, 7) is 1.91. The highest BCUT2D eigenvalue weighted by molar-refractivity contribution is 5.86. The molecule has 0 amide bonds. The molecule has 0 radical (unpaired) electrons. The topological polar surface area (TPSA) is 78.3 Å². The fourth-order valence-electron chi connectivity index (χ4n) is 3.20. The number of aryl methyl sites for hydroxylation is 1. The summed E-state index contributed by atoms with van der Waals surface area (Å²) in [6, 6.07) is 19.7. The summed E-state index contributed by atoms with van der Waals surface area (Å²) in [6.07, 6.45) is 1.65. The zero-order valence-electron chi connectivity index (χ0n) is 14.8. The number of nitrogens with one attached hydrogen (secondary N) is 1. The van der Waals surface area contributed by atoms with E-state index in [2.05, 4.69) is 15.3 Å². The van der Waals surface area contributed by atoms with E-state index in [1.807, 2.05) is 61.5 Å². The predicted molar refractivity (Wildman–Crippen MR) is 106 cm³/mol. The Balaban J connectivity index is 1.88. The number of hydrogen-bond acceptors (Lipinski definition) is 5. The SMILES string of the molecule is Cc1cccc(N[C@@H](c2ccccc2O)c2ccc3cccnc3c2O)n1. The second kappa shape index (κ2) is 6.96. The first-order valence-corrected chi connectivity index (χ1v) is 8.68. The second-order valence-corrected chi connectivity index (χ2v) is 6.38. The predicted octanol–water partition coefficient (Wildman–Crippen LogP) is 4.55. The van der Waals surface area contributed by atoms with E-state index in [4.69, 9.17) is 0 Å². The van der Waals surface area contributed by atoms with Crippen LogP contribution in [0.25, 0.3) is 10.9 Å². The highest BCUT2D eigenvalue weighted by Crippen LogP contribution is 2.38. The first-order chi connectivity index (χ1) is 13.1. The minimum absolute atomic E-state index is 0.0847. The van der Waals surface area contributed by atoms with Gasteiger partial charge in [0.15, 0.2) is 0 Å². The van der Waals surface area contributed by atoms with Crippen molar-refractivity contribution in [3.63, 3.8) is 0 Å². The van der Waals surface area contributed by atoms with Gasteiger partial charge >= 0.3 is 0 Å². The molecule has 0 aliphatic heterocycles. The number of nitrogens with zero attached hydrogens (tertiary/aromatic N) is 2. The van der Waals surface area contributed by atoms with Gasteiger partial charge in [0.1, 0.15) is 22.8 Å². The Morgan fingerprint density at radius 2 is 1.70 bits per heavy atom. The molecule has 3 N–H and O–H groups in total. The average Bonchev–Trinajstić information content (AvgIpc) is 2.68. The maximum atomic E-state index is 10.9. The number of pyridine rings is 2. The number of hydrogen-bond donors (Lipinski definition) is 3. The summed E-state index contributed by atoms with van der Waals surface area (Å²) < 4.78 is 0. The lowest BCUT2D eigenvalue weighted by molar-refractivity contribution is 0.460. The van der Waals surface area contributed by atoms with E-state index in [0.717, 1.165) is 11.1 Å². The molecule has 4 rings (SSSR count). The van der Waals surface area contributed by atoms with Gasteiger partial charge in [-0.15, -0.1) is 0 Å². The minimum atomic E-state index is -0.494. The van der Waals surface area contributed by atoms with Crippen LogP contribution in [-0.4, -0.2) is 20.2 Å². The first-order valence-electron chi connectivity index (χ1n) is 8.68. The van der Waals surface area contributed by atoms with Gasteiger partial charge in [0.2, 0.25) is 0 Å². The fourth-order valence-corrected chi connectivity index (χ4v) is 3.20. The smallest absolute Gasteiger partial charge is 0.147 e. The summed E-state index contributed by atoms with van der Waals surface area (Å²) in [7, 11) is 0. The van der Waals surface area contributed by atoms with Crippen molar-refractivity contribution in [1.29, 1.82) is 0 Å². The zero-order chi connectivity index (χ0) is 18.8. The van der Waals surface area contributed by atoms with Crippen LogP contribution in [0.3, 0.4) is 0 Å². The molecule has 5 nitrogen and oxygen atoms in total. The Morgan fingerprint density at radius 3 is 2.52 bits per heavy atom. The maximum absolute atomic E-state index is 10.9. The van der Waals surface area contributed by atoms with Crippen molar-refractivity contribution < 1.29 is 10.2 Å². The van der Waals surface area contributed by atoms with Gasteiger partial charge in [0.05, 0.1) is 6.04 Å². The molecule has 2 heterocycles. The number of para-hydroxylation sites is 1. The third-order valence-corrected chi connectivity index (χ3v) is 4.52. The molecular weight excluding hydrogens is 338 g/mol. The van der Waals surface area contributed by atoms with Gasteiger partial charge in [-0.25, -0.2) is 4.98 Å². The molecule has 1 atom stereocenters. The number of phenolic OH excluding ortho intramolecular Hbond substituents is 2. The molecule has 2 aromatic heterocycles. The van der Waals surface area contributed by atoms with Crippen molar-refractivity contribution in [2.45, 2.75) is 13.0 Å². The molecule has 0 aliphatic carbocycles. The first kappa shape index (κ1) is 16.8. The van der Waals surface area contributed by atoms with Crippen LogP contribution in [0.4, 0.5) is 5.82 Å². The lowest BCUT2D eigenvalue weighted by Gasteiger charge is -2.23. The fraction of sp³-hybridized carbons (Fsp3) is 0.0909. The number of aromatic hydroxyl groups is 2. The van der Waals surface area contributed by atoms with Crippen molar-refractivity contribution in [2.24, 2.45) is 0 Å². The molecule has 0 saturated carbocycles. The van der Waals surface area contributed by atoms with Gasteiger partial charge in [0.25, 0.3) is 0 Å². The van der Waals surface area contributed by atoms with Crippen LogP contribution in [0, 0.1) is 6.92 Å². The maximum Gasteiger partial charge on any atom is 0.147 e. The average molecular weight is 357 g/mol. The third-order valence-electron chi connectivity index (χ3n) is 4.52. The Hall–Kier alpha value is -3.60. The zero-order valence-corrected chi connectivity index (χ0v) is 14.8. The van der Waals surface area contributed by atoms with Crippen LogP contribution in [0.5, 0.6) is 11.5 Å². The normalized spacial score (nSPS) is 12.0. The summed E-state index contributed by atoms with van der Waals surface area (Å²) in [4.78, 5) is 8.80. The molecule has 5 heteroatoms. The highest BCUT2D eigenvalue weighted by Gasteiger charge is 2.22. The van der Waals surface area contributed by atoms with Gasteiger partial charge in [0, 0.05) is 28.4 Å². The number of rotatable bonds is 4. The van der Waals surface area contributed by atoms with E-state index < -0.39 is 6.04 Å². The number of phenols is 2. The van der Waals surface area contributed by atoms with Crippen LogP contribution >= 0.6 is 0 Å². The highest BCUT2D eigenvalue weighted by atomic mass is 16.3. The summed E-state index contributed by atoms with van der Waals surface area (Å²) >= 11 is 0. The largest absolute Gasteiger partial charge is 0.508 e. The van der Waals surface area contributed by atoms with Crippen LogP contribution in [0.2, 0.25) is 0 Å². The molecule has 0 bridgehead atoms. The van der Waals surface area contributed by atoms with Crippen molar-refractivity contribution in [1.82, 2.24) is 9.97 Å². The van der Waals surface area contributed by atoms with E-state index in [-0.39, 0.29) is 11.5 Å². The van der Waals surface area contributed by atoms with E-state index in [9.17, 15) is 10.2 Å². The quantitative estimate of drug-likeness (QED) is 0.499. The van der Waals surface area contributed by atoms with Crippen molar-refractivity contribution in [2.75, 3.05) is 5.32 Å². The molecule has 4 aromatic rings. The molecule has 0 fully saturated rings. The van der Waals surface area contributed by atoms with Crippen LogP contribution in [0.15, 0.2) is 72.9 Å². The Bertz CT molecular complexity index is 1110. The molecule has 0 saturated heterocycles. The number of aromatic nitrogens is 2. The van der Waals surface area contributed by atoms with Gasteiger partial charge in [-0.1, -0.05) is 42.5 Å². The molecule has 0 spiro atoms. The third kappa shape index (κ3) is 3.27. The van der Waals surface area contributed by atoms with E-state index in [1.165, 1.54) is 0 Å². The van der Waals surface area contributed by atoms with Crippen molar-refractivity contribution in [3.8, 4) is 11.5 Å². The Labute approximate surface area is 157 Å². The Kier molecular flexibility index (Phi) is 4.34. The van der Waals surface area contributed by atoms with Gasteiger partial charge in [-0.05, 0) is 31.2 Å². The molecule has 2 aromatic carbocycles. The monoisotopic (exact) mass is 357 g/mol. The number of fused-ring (bicyclic) bond motifs is 1. The molecule has 134 valence electrons. The van der Waals surface area contributed by atoms with E-state index in [1.54, 1.807) is 18.3 Å². The number of anilines is 1. The molecule has 0 aliphatic rings. The minimum Gasteiger partial charge on any atom is -0.508 e. The van der Waals surface area contributed by atoms with Gasteiger partial charge < -0.3 is 15.5 Å². The van der Waals surface area contributed by atoms with Crippen LogP contribution < -0.4 is 5.32 Å². The van der Waals surface area contributed by atoms with E-state index >= 15 is 0 Å². The van der Waals surface area contributed by atoms with Crippen molar-refractivity contribution in [3.05, 3.63) is 89.7 Å². The summed E-state index contributed by atoms with van der Waals surface area (Å²) in [5.74, 6) is 0.883. The van der Waals surface area contributed by atoms with Gasteiger partial charge in [-0.2, -0.15) is 0 Å². The lowest BCUT2D eigenvalue weighted by atomic mass is 9.95. The van der Waals surface area contributed by atoms with Gasteiger partial charge in [-0.3, -0.25) is 4.98 Å².